The maximum atomic E-state index is 11.4. The van der Waals surface area contributed by atoms with Crippen LogP contribution in [0.3, 0.4) is 0 Å². The van der Waals surface area contributed by atoms with E-state index in [4.69, 9.17) is 5.14 Å². The number of hydrogen-bond donors (Lipinski definition) is 2. The molecule has 3 N–H and O–H groups in total. The number of carbonyl (C=O) groups is 1. The second kappa shape index (κ2) is 6.00. The molecule has 1 rings (SSSR count). The van der Waals surface area contributed by atoms with Crippen LogP contribution in [0.1, 0.15) is 32.1 Å². The van der Waals surface area contributed by atoms with Crippen LogP contribution in [0.2, 0.25) is 0 Å². The standard InChI is InChI=1S/C10H18N2O3S/c11-16(14,15)7-6-12-10(13)8-9-4-2-1-3-5-9/h4H,1-3,5-8H2,(H,12,13)(H2,11,14,15). The first-order chi connectivity index (χ1) is 7.47. The smallest absolute Gasteiger partial charge is 0.224 e. The molecular formula is C10H18N2O3S. The fraction of sp³-hybridized carbons (Fsp3) is 0.700. The Balaban J connectivity index is 2.23. The van der Waals surface area contributed by atoms with Gasteiger partial charge >= 0.3 is 0 Å². The Kier molecular flexibility index (Phi) is 4.95. The molecule has 5 nitrogen and oxygen atoms in total. The molecule has 0 aromatic heterocycles. The van der Waals surface area contributed by atoms with Crippen LogP contribution in [0.4, 0.5) is 0 Å². The van der Waals surface area contributed by atoms with Crippen molar-refractivity contribution in [2.24, 2.45) is 5.14 Å². The number of nitrogens with one attached hydrogen (secondary N) is 1. The molecule has 0 atom stereocenters. The predicted octanol–water partition coefficient (Wildman–Crippen LogP) is 0.282. The lowest BCUT2D eigenvalue weighted by molar-refractivity contribution is -0.120. The van der Waals surface area contributed by atoms with Gasteiger partial charge in [-0.1, -0.05) is 11.6 Å². The molecule has 0 aliphatic heterocycles. The van der Waals surface area contributed by atoms with Crippen molar-refractivity contribution < 1.29 is 13.2 Å². The summed E-state index contributed by atoms with van der Waals surface area (Å²) in [6, 6.07) is 0. The molecular weight excluding hydrogens is 228 g/mol. The van der Waals surface area contributed by atoms with E-state index in [1.54, 1.807) is 0 Å². The summed E-state index contributed by atoms with van der Waals surface area (Å²) in [6.07, 6.45) is 6.82. The quantitative estimate of drug-likeness (QED) is 0.683. The summed E-state index contributed by atoms with van der Waals surface area (Å²) in [5, 5.41) is 7.36. The van der Waals surface area contributed by atoms with Gasteiger partial charge in [0, 0.05) is 13.0 Å². The van der Waals surface area contributed by atoms with Gasteiger partial charge in [0.15, 0.2) is 0 Å². The number of hydrogen-bond acceptors (Lipinski definition) is 3. The zero-order valence-corrected chi connectivity index (χ0v) is 10.1. The van der Waals surface area contributed by atoms with E-state index < -0.39 is 10.0 Å². The molecule has 6 heteroatoms. The fourth-order valence-electron chi connectivity index (χ4n) is 1.67. The summed E-state index contributed by atoms with van der Waals surface area (Å²) in [5.41, 5.74) is 1.15. The topological polar surface area (TPSA) is 89.3 Å². The molecule has 0 heterocycles. The maximum absolute atomic E-state index is 11.4. The molecule has 92 valence electrons. The van der Waals surface area contributed by atoms with E-state index in [9.17, 15) is 13.2 Å². The van der Waals surface area contributed by atoms with Crippen molar-refractivity contribution in [3.05, 3.63) is 11.6 Å². The lowest BCUT2D eigenvalue weighted by Gasteiger charge is -2.12. The van der Waals surface area contributed by atoms with E-state index in [-0.39, 0.29) is 18.2 Å². The minimum Gasteiger partial charge on any atom is -0.355 e. The van der Waals surface area contributed by atoms with E-state index in [0.29, 0.717) is 6.42 Å². The average molecular weight is 246 g/mol. The Labute approximate surface area is 96.1 Å². The Bertz CT molecular complexity index is 374. The van der Waals surface area contributed by atoms with Crippen LogP contribution in [0.15, 0.2) is 11.6 Å². The van der Waals surface area contributed by atoms with Crippen LogP contribution in [0.5, 0.6) is 0 Å². The van der Waals surface area contributed by atoms with Crippen molar-refractivity contribution in [1.29, 1.82) is 0 Å². The molecule has 1 aliphatic rings. The highest BCUT2D eigenvalue weighted by molar-refractivity contribution is 7.89. The zero-order chi connectivity index (χ0) is 12.0. The molecule has 0 unspecified atom stereocenters. The van der Waals surface area contributed by atoms with Crippen molar-refractivity contribution in [3.8, 4) is 0 Å². The summed E-state index contributed by atoms with van der Waals surface area (Å²) in [4.78, 5) is 11.4. The number of rotatable bonds is 5. The third-order valence-electron chi connectivity index (χ3n) is 2.48. The molecule has 0 saturated carbocycles. The third-order valence-corrected chi connectivity index (χ3v) is 3.25. The summed E-state index contributed by atoms with van der Waals surface area (Å²) in [5.74, 6) is -0.338. The van der Waals surface area contributed by atoms with Gasteiger partial charge in [-0.3, -0.25) is 4.79 Å². The monoisotopic (exact) mass is 246 g/mol. The van der Waals surface area contributed by atoms with E-state index in [1.807, 2.05) is 0 Å². The minimum atomic E-state index is -3.48. The van der Waals surface area contributed by atoms with E-state index in [1.165, 1.54) is 6.42 Å². The maximum Gasteiger partial charge on any atom is 0.224 e. The molecule has 0 saturated heterocycles. The summed E-state index contributed by atoms with van der Waals surface area (Å²) < 4.78 is 21.2. The highest BCUT2D eigenvalue weighted by Crippen LogP contribution is 2.19. The van der Waals surface area contributed by atoms with Gasteiger partial charge < -0.3 is 5.32 Å². The van der Waals surface area contributed by atoms with E-state index >= 15 is 0 Å². The van der Waals surface area contributed by atoms with Crippen molar-refractivity contribution in [1.82, 2.24) is 5.32 Å². The van der Waals surface area contributed by atoms with Gasteiger partial charge in [0.1, 0.15) is 0 Å². The molecule has 0 bridgehead atoms. The molecule has 0 aromatic rings. The largest absolute Gasteiger partial charge is 0.355 e. The van der Waals surface area contributed by atoms with Crippen molar-refractivity contribution >= 4 is 15.9 Å². The second-order valence-electron chi connectivity index (χ2n) is 4.00. The molecule has 0 spiro atoms. The first-order valence-electron chi connectivity index (χ1n) is 5.42. The lowest BCUT2D eigenvalue weighted by atomic mass is 9.97. The lowest BCUT2D eigenvalue weighted by Crippen LogP contribution is -2.31. The zero-order valence-electron chi connectivity index (χ0n) is 9.24. The van der Waals surface area contributed by atoms with Crippen LogP contribution >= 0.6 is 0 Å². The molecule has 0 fully saturated rings. The van der Waals surface area contributed by atoms with E-state index in [0.717, 1.165) is 24.8 Å². The van der Waals surface area contributed by atoms with Gasteiger partial charge in [-0.15, -0.1) is 0 Å². The number of sulfonamides is 1. The average Bonchev–Trinajstić information content (AvgIpc) is 2.17. The van der Waals surface area contributed by atoms with Gasteiger partial charge in [0.2, 0.25) is 15.9 Å². The minimum absolute atomic E-state index is 0.0882. The van der Waals surface area contributed by atoms with Gasteiger partial charge in [-0.25, -0.2) is 13.6 Å². The number of allylic oxidation sites excluding steroid dienone is 1. The molecule has 0 aromatic carbocycles. The van der Waals surface area contributed by atoms with Crippen LogP contribution < -0.4 is 10.5 Å². The molecule has 1 amide bonds. The SMILES string of the molecule is NS(=O)(=O)CCNC(=O)CC1=CCCCC1. The molecule has 16 heavy (non-hydrogen) atoms. The summed E-state index contributed by atoms with van der Waals surface area (Å²) in [6.45, 7) is 0.0882. The number of primary sulfonamides is 1. The third kappa shape index (κ3) is 5.87. The fourth-order valence-corrected chi connectivity index (χ4v) is 2.05. The first-order valence-corrected chi connectivity index (χ1v) is 7.14. The highest BCUT2D eigenvalue weighted by Gasteiger charge is 2.09. The summed E-state index contributed by atoms with van der Waals surface area (Å²) >= 11 is 0. The molecule has 0 radical (unpaired) electrons. The van der Waals surface area contributed by atoms with E-state index in [2.05, 4.69) is 11.4 Å². The van der Waals surface area contributed by atoms with Crippen LogP contribution in [-0.4, -0.2) is 26.6 Å². The Morgan fingerprint density at radius 3 is 2.75 bits per heavy atom. The van der Waals surface area contributed by atoms with Crippen LogP contribution in [0, 0.1) is 0 Å². The van der Waals surface area contributed by atoms with Gasteiger partial charge in [-0.2, -0.15) is 0 Å². The van der Waals surface area contributed by atoms with Crippen LogP contribution in [-0.2, 0) is 14.8 Å². The number of carbonyl (C=O) groups excluding carboxylic acids is 1. The van der Waals surface area contributed by atoms with Gasteiger partial charge in [0.05, 0.1) is 5.75 Å². The summed E-state index contributed by atoms with van der Waals surface area (Å²) in [7, 11) is -3.48. The predicted molar refractivity (Wildman–Crippen MR) is 62.2 cm³/mol. The van der Waals surface area contributed by atoms with Gasteiger partial charge in [-0.05, 0) is 25.7 Å². The first kappa shape index (κ1) is 13.2. The Morgan fingerprint density at radius 2 is 2.19 bits per heavy atom. The normalized spacial score (nSPS) is 16.7. The molecule has 1 aliphatic carbocycles. The van der Waals surface area contributed by atoms with Crippen molar-refractivity contribution in [2.75, 3.05) is 12.3 Å². The van der Waals surface area contributed by atoms with Gasteiger partial charge in [0.25, 0.3) is 0 Å². The highest BCUT2D eigenvalue weighted by atomic mass is 32.2. The van der Waals surface area contributed by atoms with Crippen molar-refractivity contribution in [2.45, 2.75) is 32.1 Å². The van der Waals surface area contributed by atoms with Crippen molar-refractivity contribution in [3.63, 3.8) is 0 Å². The second-order valence-corrected chi connectivity index (χ2v) is 5.74. The number of nitrogens with two attached hydrogens (primary N) is 1. The Hall–Kier alpha value is -0.880. The Morgan fingerprint density at radius 1 is 1.44 bits per heavy atom. The van der Waals surface area contributed by atoms with Crippen LogP contribution in [0.25, 0.3) is 0 Å². The number of amides is 1.